The highest BCUT2D eigenvalue weighted by Crippen LogP contribution is 2.15. The molecule has 0 aliphatic rings. The number of hydrogen-bond donors (Lipinski definition) is 3. The van der Waals surface area contributed by atoms with E-state index in [1.54, 1.807) is 36.4 Å². The summed E-state index contributed by atoms with van der Waals surface area (Å²) in [5, 5.41) is 13.4. The third-order valence-corrected chi connectivity index (χ3v) is 3.64. The van der Waals surface area contributed by atoms with Crippen LogP contribution in [0.15, 0.2) is 65.5 Å². The molecule has 1 heterocycles. The number of carbonyl (C=O) groups excluding carboxylic acids is 1. The fraction of sp³-hybridized carbons (Fsp3) is 0.111. The van der Waals surface area contributed by atoms with Crippen LogP contribution < -0.4 is 10.9 Å². The van der Waals surface area contributed by atoms with Crippen molar-refractivity contribution >= 4 is 16.8 Å². The molecule has 3 rings (SSSR count). The van der Waals surface area contributed by atoms with Gasteiger partial charge in [0.2, 0.25) is 5.56 Å². The summed E-state index contributed by atoms with van der Waals surface area (Å²) < 4.78 is 0. The first-order valence-electron chi connectivity index (χ1n) is 7.28. The molecule has 1 aromatic heterocycles. The van der Waals surface area contributed by atoms with Gasteiger partial charge in [-0.2, -0.15) is 0 Å². The molecule has 0 saturated heterocycles. The Morgan fingerprint density at radius 1 is 1.09 bits per heavy atom. The second kappa shape index (κ2) is 6.46. The van der Waals surface area contributed by atoms with Crippen LogP contribution in [-0.4, -0.2) is 22.5 Å². The summed E-state index contributed by atoms with van der Waals surface area (Å²) >= 11 is 0. The van der Waals surface area contributed by atoms with Crippen LogP contribution in [0.2, 0.25) is 0 Å². The first-order valence-corrected chi connectivity index (χ1v) is 7.28. The Balaban J connectivity index is 1.80. The van der Waals surface area contributed by atoms with Gasteiger partial charge in [-0.1, -0.05) is 48.5 Å². The summed E-state index contributed by atoms with van der Waals surface area (Å²) in [6.07, 6.45) is -0.798. The van der Waals surface area contributed by atoms with E-state index in [1.165, 1.54) is 6.07 Å². The zero-order valence-electron chi connectivity index (χ0n) is 12.3. The summed E-state index contributed by atoms with van der Waals surface area (Å²) in [6, 6.07) is 17.5. The quantitative estimate of drug-likeness (QED) is 0.689. The van der Waals surface area contributed by atoms with Crippen LogP contribution in [-0.2, 0) is 0 Å². The Hall–Kier alpha value is -2.92. The highest BCUT2D eigenvalue weighted by molar-refractivity contribution is 6.05. The van der Waals surface area contributed by atoms with Crippen LogP contribution in [0, 0.1) is 0 Å². The lowest BCUT2D eigenvalue weighted by Gasteiger charge is -2.13. The first-order chi connectivity index (χ1) is 11.1. The number of pyridine rings is 1. The van der Waals surface area contributed by atoms with E-state index in [1.807, 2.05) is 18.2 Å². The van der Waals surface area contributed by atoms with E-state index in [4.69, 9.17) is 0 Å². The summed E-state index contributed by atoms with van der Waals surface area (Å²) in [5.41, 5.74) is 1.29. The number of H-pyrrole nitrogens is 1. The molecule has 1 amide bonds. The van der Waals surface area contributed by atoms with Crippen LogP contribution in [0.1, 0.15) is 22.0 Å². The molecule has 0 radical (unpaired) electrons. The minimum absolute atomic E-state index is 0.0734. The molecule has 0 bridgehead atoms. The maximum absolute atomic E-state index is 12.4. The number of amides is 1. The van der Waals surface area contributed by atoms with E-state index in [9.17, 15) is 14.7 Å². The van der Waals surface area contributed by atoms with Crippen molar-refractivity contribution in [3.63, 3.8) is 0 Å². The first kappa shape index (κ1) is 15.0. The third kappa shape index (κ3) is 3.30. The van der Waals surface area contributed by atoms with Gasteiger partial charge >= 0.3 is 0 Å². The van der Waals surface area contributed by atoms with Crippen molar-refractivity contribution in [3.05, 3.63) is 82.1 Å². The molecule has 5 heteroatoms. The molecule has 1 atom stereocenters. The summed E-state index contributed by atoms with van der Waals surface area (Å²) in [5.74, 6) is -0.387. The van der Waals surface area contributed by atoms with Crippen molar-refractivity contribution in [3.8, 4) is 0 Å². The van der Waals surface area contributed by atoms with Gasteiger partial charge in [-0.05, 0) is 11.6 Å². The number of fused-ring (bicyclic) bond motifs is 1. The number of para-hydroxylation sites is 1. The van der Waals surface area contributed by atoms with E-state index in [-0.39, 0.29) is 18.0 Å². The fourth-order valence-corrected chi connectivity index (χ4v) is 2.47. The predicted molar refractivity (Wildman–Crippen MR) is 88.3 cm³/mol. The molecular weight excluding hydrogens is 292 g/mol. The number of carbonyl (C=O) groups is 1. The molecule has 116 valence electrons. The van der Waals surface area contributed by atoms with E-state index in [2.05, 4.69) is 10.3 Å². The van der Waals surface area contributed by atoms with E-state index in [0.29, 0.717) is 16.5 Å². The number of benzene rings is 2. The highest BCUT2D eigenvalue weighted by Gasteiger charge is 2.14. The SMILES string of the molecule is O=C(NCC(O)c1ccccc1)c1cc(=O)[nH]c2ccccc12. The van der Waals surface area contributed by atoms with E-state index >= 15 is 0 Å². The van der Waals surface area contributed by atoms with Gasteiger partial charge < -0.3 is 15.4 Å². The Bertz CT molecular complexity index is 887. The second-order valence-electron chi connectivity index (χ2n) is 5.23. The van der Waals surface area contributed by atoms with Crippen molar-refractivity contribution in [2.75, 3.05) is 6.54 Å². The van der Waals surface area contributed by atoms with E-state index in [0.717, 1.165) is 5.56 Å². The Morgan fingerprint density at radius 3 is 2.57 bits per heavy atom. The van der Waals surface area contributed by atoms with Crippen molar-refractivity contribution in [2.45, 2.75) is 6.10 Å². The normalized spacial score (nSPS) is 12.0. The lowest BCUT2D eigenvalue weighted by molar-refractivity contribution is 0.0918. The van der Waals surface area contributed by atoms with Crippen molar-refractivity contribution in [1.29, 1.82) is 0 Å². The van der Waals surface area contributed by atoms with Gasteiger partial charge in [0, 0.05) is 23.5 Å². The van der Waals surface area contributed by atoms with Crippen LogP contribution in [0.25, 0.3) is 10.9 Å². The maximum Gasteiger partial charge on any atom is 0.252 e. The molecule has 0 aliphatic heterocycles. The summed E-state index contributed by atoms with van der Waals surface area (Å²) in [6.45, 7) is 0.0734. The van der Waals surface area contributed by atoms with Crippen molar-refractivity contribution in [2.24, 2.45) is 0 Å². The van der Waals surface area contributed by atoms with Crippen molar-refractivity contribution < 1.29 is 9.90 Å². The molecule has 23 heavy (non-hydrogen) atoms. The Morgan fingerprint density at radius 2 is 1.78 bits per heavy atom. The molecule has 5 nitrogen and oxygen atoms in total. The zero-order chi connectivity index (χ0) is 16.2. The van der Waals surface area contributed by atoms with Crippen LogP contribution >= 0.6 is 0 Å². The van der Waals surface area contributed by atoms with Gasteiger partial charge in [-0.3, -0.25) is 9.59 Å². The Kier molecular flexibility index (Phi) is 4.21. The molecule has 0 spiro atoms. The van der Waals surface area contributed by atoms with Gasteiger partial charge in [-0.25, -0.2) is 0 Å². The number of nitrogens with one attached hydrogen (secondary N) is 2. The van der Waals surface area contributed by atoms with Crippen LogP contribution in [0.4, 0.5) is 0 Å². The average molecular weight is 308 g/mol. The van der Waals surface area contributed by atoms with Crippen LogP contribution in [0.3, 0.4) is 0 Å². The van der Waals surface area contributed by atoms with Crippen LogP contribution in [0.5, 0.6) is 0 Å². The van der Waals surface area contributed by atoms with Crippen molar-refractivity contribution in [1.82, 2.24) is 10.3 Å². The summed E-state index contributed by atoms with van der Waals surface area (Å²) in [7, 11) is 0. The second-order valence-corrected chi connectivity index (χ2v) is 5.23. The van der Waals surface area contributed by atoms with Gasteiger partial charge in [-0.15, -0.1) is 0 Å². The lowest BCUT2D eigenvalue weighted by atomic mass is 10.1. The number of rotatable bonds is 4. The zero-order valence-corrected chi connectivity index (χ0v) is 12.3. The predicted octanol–water partition coefficient (Wildman–Crippen LogP) is 1.99. The fourth-order valence-electron chi connectivity index (χ4n) is 2.47. The molecule has 3 N–H and O–H groups in total. The third-order valence-electron chi connectivity index (χ3n) is 3.64. The molecule has 3 aromatic rings. The molecule has 0 aliphatic carbocycles. The average Bonchev–Trinajstić information content (AvgIpc) is 2.59. The number of aliphatic hydroxyl groups is 1. The topological polar surface area (TPSA) is 82.2 Å². The number of aromatic nitrogens is 1. The monoisotopic (exact) mass is 308 g/mol. The van der Waals surface area contributed by atoms with Gasteiger partial charge in [0.05, 0.1) is 11.7 Å². The van der Waals surface area contributed by atoms with Gasteiger partial charge in [0.1, 0.15) is 0 Å². The molecule has 2 aromatic carbocycles. The smallest absolute Gasteiger partial charge is 0.252 e. The largest absolute Gasteiger partial charge is 0.387 e. The Labute approximate surface area is 132 Å². The molecule has 0 saturated carbocycles. The number of aromatic amines is 1. The minimum Gasteiger partial charge on any atom is -0.387 e. The number of aliphatic hydroxyl groups excluding tert-OH is 1. The lowest BCUT2D eigenvalue weighted by Crippen LogP contribution is -2.29. The van der Waals surface area contributed by atoms with Gasteiger partial charge in [0.25, 0.3) is 5.91 Å². The molecular formula is C18H16N2O3. The molecule has 0 fully saturated rings. The minimum atomic E-state index is -0.798. The maximum atomic E-state index is 12.4. The van der Waals surface area contributed by atoms with Gasteiger partial charge in [0.15, 0.2) is 0 Å². The molecule has 1 unspecified atom stereocenters. The number of hydrogen-bond acceptors (Lipinski definition) is 3. The highest BCUT2D eigenvalue weighted by atomic mass is 16.3. The van der Waals surface area contributed by atoms with E-state index < -0.39 is 6.10 Å². The summed E-state index contributed by atoms with van der Waals surface area (Å²) in [4.78, 5) is 26.7. The standard InChI is InChI=1S/C18H16N2O3/c21-16(12-6-2-1-3-7-12)11-19-18(23)14-10-17(22)20-15-9-5-4-8-13(14)15/h1-10,16,21H,11H2,(H,19,23)(H,20,22).